The summed E-state index contributed by atoms with van der Waals surface area (Å²) >= 11 is 1.49. The Kier molecular flexibility index (Phi) is 10.9. The number of carbonyl (C=O) groups is 1. The number of likely N-dealkylation sites (tertiary alicyclic amines) is 1. The summed E-state index contributed by atoms with van der Waals surface area (Å²) in [5, 5.41) is 14.8. The maximum atomic E-state index is 12.8. The van der Waals surface area contributed by atoms with Crippen molar-refractivity contribution in [2.45, 2.75) is 44.9 Å². The average Bonchev–Trinajstić information content (AvgIpc) is 2.66. The van der Waals surface area contributed by atoms with E-state index in [1.54, 1.807) is 12.1 Å². The van der Waals surface area contributed by atoms with Crippen molar-refractivity contribution in [1.82, 2.24) is 10.2 Å². The van der Waals surface area contributed by atoms with E-state index in [2.05, 4.69) is 26.1 Å². The smallest absolute Gasteiger partial charge is 0.283 e. The predicted octanol–water partition coefficient (Wildman–Crippen LogP) is 4.62. The van der Waals surface area contributed by atoms with Crippen molar-refractivity contribution in [3.63, 3.8) is 0 Å². The van der Waals surface area contributed by atoms with Crippen LogP contribution in [0.25, 0.3) is 0 Å². The molecule has 8 heteroatoms. The van der Waals surface area contributed by atoms with Gasteiger partial charge in [-0.1, -0.05) is 20.8 Å². The van der Waals surface area contributed by atoms with Crippen LogP contribution in [0.5, 0.6) is 0 Å². The highest BCUT2D eigenvalue weighted by Gasteiger charge is 2.25. The summed E-state index contributed by atoms with van der Waals surface area (Å²) in [6.45, 7) is 9.75. The van der Waals surface area contributed by atoms with E-state index in [1.807, 2.05) is 4.90 Å². The molecule has 0 spiro atoms. The number of thioether (sulfide) groups is 1. The molecule has 158 valence electrons. The summed E-state index contributed by atoms with van der Waals surface area (Å²) in [4.78, 5) is 26.4. The second-order valence-corrected chi connectivity index (χ2v) is 8.65. The minimum Gasteiger partial charge on any atom is -0.339 e. The molecule has 0 aliphatic carbocycles. The van der Waals surface area contributed by atoms with Gasteiger partial charge in [0.2, 0.25) is 0 Å². The maximum absolute atomic E-state index is 12.8. The van der Waals surface area contributed by atoms with Crippen LogP contribution in [0.3, 0.4) is 0 Å². The molecule has 0 radical (unpaired) electrons. The topological polar surface area (TPSA) is 75.5 Å². The van der Waals surface area contributed by atoms with Gasteiger partial charge in [0.25, 0.3) is 11.6 Å². The Bertz CT molecular complexity index is 650. The fraction of sp³-hybridized carbons (Fsp3) is 0.650. The first-order valence-electron chi connectivity index (χ1n) is 9.83. The predicted molar refractivity (Wildman–Crippen MR) is 118 cm³/mol. The van der Waals surface area contributed by atoms with E-state index in [0.717, 1.165) is 38.1 Å². The molecule has 2 rings (SSSR count). The summed E-state index contributed by atoms with van der Waals surface area (Å²) in [5.41, 5.74) is 0.455. The molecular weight excluding hydrogens is 398 g/mol. The van der Waals surface area contributed by atoms with Gasteiger partial charge in [-0.25, -0.2) is 0 Å². The van der Waals surface area contributed by atoms with Crippen molar-refractivity contribution in [3.8, 4) is 0 Å². The molecule has 1 heterocycles. The van der Waals surface area contributed by atoms with Gasteiger partial charge in [-0.15, -0.1) is 24.2 Å². The monoisotopic (exact) mass is 429 g/mol. The van der Waals surface area contributed by atoms with Gasteiger partial charge in [0.05, 0.1) is 9.82 Å². The molecule has 0 aromatic heterocycles. The standard InChI is InChI=1S/C20H31N3O3S.ClH/c1-4-21-14-16-7-10-22(11-8-16)20(24)17-5-6-19(18(13-17)23(25)26)27-12-9-15(2)3;/h5-6,13,15-16,21H,4,7-12,14H2,1-3H3;1H. The van der Waals surface area contributed by atoms with E-state index in [4.69, 9.17) is 0 Å². The zero-order chi connectivity index (χ0) is 19.8. The molecule has 1 fully saturated rings. The lowest BCUT2D eigenvalue weighted by Gasteiger charge is -2.32. The SMILES string of the molecule is CCNCC1CCN(C(=O)c2ccc(SCCC(C)C)c([N+](=O)[O-])c2)CC1.Cl. The second kappa shape index (κ2) is 12.3. The zero-order valence-electron chi connectivity index (χ0n) is 17.0. The van der Waals surface area contributed by atoms with E-state index in [9.17, 15) is 14.9 Å². The fourth-order valence-electron chi connectivity index (χ4n) is 3.19. The van der Waals surface area contributed by atoms with Crippen LogP contribution < -0.4 is 5.32 Å². The van der Waals surface area contributed by atoms with Crippen LogP contribution in [0.15, 0.2) is 23.1 Å². The third-order valence-corrected chi connectivity index (χ3v) is 6.04. The Morgan fingerprint density at radius 1 is 1.36 bits per heavy atom. The van der Waals surface area contributed by atoms with E-state index >= 15 is 0 Å². The van der Waals surface area contributed by atoms with Crippen LogP contribution >= 0.6 is 24.2 Å². The first-order valence-corrected chi connectivity index (χ1v) is 10.8. The van der Waals surface area contributed by atoms with Gasteiger partial charge in [-0.05, 0) is 62.1 Å². The number of carbonyl (C=O) groups excluding carboxylic acids is 1. The third kappa shape index (κ3) is 7.26. The fourth-order valence-corrected chi connectivity index (χ4v) is 4.45. The van der Waals surface area contributed by atoms with Crippen molar-refractivity contribution < 1.29 is 9.72 Å². The quantitative estimate of drug-likeness (QED) is 0.352. The van der Waals surface area contributed by atoms with Gasteiger partial charge in [0.1, 0.15) is 0 Å². The number of benzene rings is 1. The number of hydrogen-bond donors (Lipinski definition) is 1. The second-order valence-electron chi connectivity index (χ2n) is 7.51. The van der Waals surface area contributed by atoms with Gasteiger partial charge in [-0.2, -0.15) is 0 Å². The third-order valence-electron chi connectivity index (χ3n) is 4.94. The van der Waals surface area contributed by atoms with Gasteiger partial charge in [0.15, 0.2) is 0 Å². The summed E-state index contributed by atoms with van der Waals surface area (Å²) in [6, 6.07) is 4.91. The number of hydrogen-bond acceptors (Lipinski definition) is 5. The van der Waals surface area contributed by atoms with Crippen molar-refractivity contribution in [2.24, 2.45) is 11.8 Å². The number of halogens is 1. The van der Waals surface area contributed by atoms with Crippen LogP contribution in [-0.4, -0.2) is 47.7 Å². The Balaban J connectivity index is 0.00000392. The van der Waals surface area contributed by atoms with Gasteiger partial charge < -0.3 is 10.2 Å². The minimum atomic E-state index is -0.378. The van der Waals surface area contributed by atoms with E-state index in [1.165, 1.54) is 17.8 Å². The molecule has 0 atom stereocenters. The molecule has 0 bridgehead atoms. The number of amides is 1. The van der Waals surface area contributed by atoms with Crippen molar-refractivity contribution in [3.05, 3.63) is 33.9 Å². The summed E-state index contributed by atoms with van der Waals surface area (Å²) < 4.78 is 0. The van der Waals surface area contributed by atoms with Crippen LogP contribution in [0.4, 0.5) is 5.69 Å². The molecule has 1 saturated heterocycles. The summed E-state index contributed by atoms with van der Waals surface area (Å²) in [5.74, 6) is 1.90. The molecule has 1 aliphatic heterocycles. The van der Waals surface area contributed by atoms with Crippen LogP contribution in [0.2, 0.25) is 0 Å². The maximum Gasteiger partial charge on any atom is 0.283 e. The van der Waals surface area contributed by atoms with Crippen molar-refractivity contribution in [1.29, 1.82) is 0 Å². The number of nitrogens with zero attached hydrogens (tertiary/aromatic N) is 2. The Morgan fingerprint density at radius 3 is 2.61 bits per heavy atom. The highest BCUT2D eigenvalue weighted by molar-refractivity contribution is 7.99. The van der Waals surface area contributed by atoms with Crippen molar-refractivity contribution >= 4 is 35.8 Å². The number of nitro groups is 1. The minimum absolute atomic E-state index is 0. The summed E-state index contributed by atoms with van der Waals surface area (Å²) in [7, 11) is 0. The molecule has 1 aromatic carbocycles. The zero-order valence-corrected chi connectivity index (χ0v) is 18.6. The Hall–Kier alpha value is -1.31. The molecule has 6 nitrogen and oxygen atoms in total. The van der Waals surface area contributed by atoms with Crippen LogP contribution in [0.1, 0.15) is 50.4 Å². The molecule has 1 amide bonds. The van der Waals surface area contributed by atoms with E-state index < -0.39 is 0 Å². The first-order chi connectivity index (χ1) is 12.9. The number of piperidine rings is 1. The number of nitro benzene ring substituents is 1. The Labute approximate surface area is 178 Å². The lowest BCUT2D eigenvalue weighted by Crippen LogP contribution is -2.40. The molecule has 1 N–H and O–H groups in total. The first kappa shape index (κ1) is 24.7. The van der Waals surface area contributed by atoms with Gasteiger partial charge in [0, 0.05) is 24.7 Å². The molecule has 0 unspecified atom stereocenters. The van der Waals surface area contributed by atoms with Crippen LogP contribution in [-0.2, 0) is 0 Å². The Morgan fingerprint density at radius 2 is 2.04 bits per heavy atom. The number of nitrogens with one attached hydrogen (secondary N) is 1. The lowest BCUT2D eigenvalue weighted by atomic mass is 9.96. The van der Waals surface area contributed by atoms with E-state index in [0.29, 0.717) is 35.4 Å². The van der Waals surface area contributed by atoms with E-state index in [-0.39, 0.29) is 28.9 Å². The number of rotatable bonds is 9. The van der Waals surface area contributed by atoms with Gasteiger partial charge in [-0.3, -0.25) is 14.9 Å². The molecule has 1 aromatic rings. The lowest BCUT2D eigenvalue weighted by molar-refractivity contribution is -0.387. The normalized spacial score (nSPS) is 14.8. The molecule has 1 aliphatic rings. The molecule has 28 heavy (non-hydrogen) atoms. The molecule has 0 saturated carbocycles. The highest BCUT2D eigenvalue weighted by Crippen LogP contribution is 2.32. The van der Waals surface area contributed by atoms with Gasteiger partial charge >= 0.3 is 0 Å². The van der Waals surface area contributed by atoms with Crippen molar-refractivity contribution in [2.75, 3.05) is 31.9 Å². The largest absolute Gasteiger partial charge is 0.339 e. The highest BCUT2D eigenvalue weighted by atomic mass is 35.5. The molecular formula is C20H32ClN3O3S. The summed E-state index contributed by atoms with van der Waals surface area (Å²) in [6.07, 6.45) is 2.96. The average molecular weight is 430 g/mol. The van der Waals surface area contributed by atoms with Crippen LogP contribution in [0, 0.1) is 22.0 Å².